The highest BCUT2D eigenvalue weighted by Gasteiger charge is 2.15. The summed E-state index contributed by atoms with van der Waals surface area (Å²) in [5.74, 6) is 0.828. The maximum atomic E-state index is 10.4. The quantitative estimate of drug-likeness (QED) is 0.507. The fraction of sp³-hybridized carbons (Fsp3) is 0.190. The van der Waals surface area contributed by atoms with Crippen molar-refractivity contribution in [2.75, 3.05) is 5.32 Å². The fourth-order valence-corrected chi connectivity index (χ4v) is 2.68. The third kappa shape index (κ3) is 6.03. The number of nitrogens with one attached hydrogen (secondary N) is 1. The zero-order valence-electron chi connectivity index (χ0n) is 16.0. The molecule has 0 radical (unpaired) electrons. The zero-order valence-corrected chi connectivity index (χ0v) is 16.0. The number of aromatic nitrogens is 4. The van der Waals surface area contributed by atoms with E-state index >= 15 is 0 Å². The van der Waals surface area contributed by atoms with E-state index in [0.717, 1.165) is 22.6 Å². The highest BCUT2D eigenvalue weighted by Crippen LogP contribution is 2.24. The Kier molecular flexibility index (Phi) is 6.11. The minimum absolute atomic E-state index is 0.188. The SMILES string of the molecule is CC(F)(F)F.Cc1cccc(-c2cnn3ccc(NCc4ccncc4)nc23)c1. The predicted octanol–water partition coefficient (Wildman–Crippen LogP) is 5.28. The van der Waals surface area contributed by atoms with E-state index in [0.29, 0.717) is 6.54 Å². The predicted molar refractivity (Wildman–Crippen MR) is 106 cm³/mol. The van der Waals surface area contributed by atoms with Gasteiger partial charge in [0, 0.05) is 37.6 Å². The molecule has 1 aromatic carbocycles. The molecule has 0 bridgehead atoms. The first kappa shape index (κ1) is 20.3. The average Bonchev–Trinajstić information content (AvgIpc) is 3.09. The Hall–Kier alpha value is -3.42. The molecule has 0 saturated heterocycles. The molecule has 0 aliphatic rings. The van der Waals surface area contributed by atoms with Crippen molar-refractivity contribution < 1.29 is 13.2 Å². The van der Waals surface area contributed by atoms with E-state index in [2.05, 4.69) is 46.6 Å². The van der Waals surface area contributed by atoms with Gasteiger partial charge in [-0.25, -0.2) is 9.50 Å². The van der Waals surface area contributed by atoms with Gasteiger partial charge in [-0.3, -0.25) is 4.98 Å². The number of pyridine rings is 1. The molecule has 0 amide bonds. The van der Waals surface area contributed by atoms with E-state index in [-0.39, 0.29) is 6.92 Å². The summed E-state index contributed by atoms with van der Waals surface area (Å²) in [5.41, 5.74) is 5.40. The molecule has 150 valence electrons. The molecule has 0 atom stereocenters. The number of aryl methyl sites for hydroxylation is 1. The lowest BCUT2D eigenvalue weighted by Gasteiger charge is -2.06. The van der Waals surface area contributed by atoms with E-state index < -0.39 is 6.18 Å². The molecule has 0 aliphatic heterocycles. The minimum Gasteiger partial charge on any atom is -0.366 e. The summed E-state index contributed by atoms with van der Waals surface area (Å²) >= 11 is 0. The van der Waals surface area contributed by atoms with Crippen molar-refractivity contribution in [3.8, 4) is 11.1 Å². The van der Waals surface area contributed by atoms with E-state index in [9.17, 15) is 13.2 Å². The number of alkyl halides is 3. The average molecular weight is 399 g/mol. The molecular formula is C21H20F3N5. The molecule has 5 nitrogen and oxygen atoms in total. The van der Waals surface area contributed by atoms with Crippen molar-refractivity contribution in [3.63, 3.8) is 0 Å². The number of fused-ring (bicyclic) bond motifs is 1. The number of nitrogens with zero attached hydrogens (tertiary/aromatic N) is 4. The molecule has 3 aromatic heterocycles. The summed E-state index contributed by atoms with van der Waals surface area (Å²) in [6.07, 6.45) is 3.38. The third-order valence-corrected chi connectivity index (χ3v) is 3.92. The molecule has 0 saturated carbocycles. The summed E-state index contributed by atoms with van der Waals surface area (Å²) in [7, 11) is 0. The van der Waals surface area contributed by atoms with Crippen LogP contribution in [0.1, 0.15) is 18.1 Å². The third-order valence-electron chi connectivity index (χ3n) is 3.92. The Morgan fingerprint density at radius 1 is 1.07 bits per heavy atom. The minimum atomic E-state index is -4.00. The van der Waals surface area contributed by atoms with Crippen LogP contribution in [0.15, 0.2) is 67.3 Å². The number of hydrogen-bond donors (Lipinski definition) is 1. The number of hydrogen-bond acceptors (Lipinski definition) is 4. The van der Waals surface area contributed by atoms with Crippen molar-refractivity contribution in [1.29, 1.82) is 0 Å². The highest BCUT2D eigenvalue weighted by molar-refractivity contribution is 5.77. The summed E-state index contributed by atoms with van der Waals surface area (Å²) in [5, 5.41) is 7.76. The van der Waals surface area contributed by atoms with Gasteiger partial charge in [-0.2, -0.15) is 18.3 Å². The van der Waals surface area contributed by atoms with Crippen LogP contribution in [0.5, 0.6) is 0 Å². The van der Waals surface area contributed by atoms with Crippen LogP contribution >= 0.6 is 0 Å². The van der Waals surface area contributed by atoms with E-state index in [1.807, 2.05) is 30.6 Å². The van der Waals surface area contributed by atoms with Crippen molar-refractivity contribution in [3.05, 3.63) is 78.4 Å². The maximum Gasteiger partial charge on any atom is 0.386 e. The van der Waals surface area contributed by atoms with Crippen molar-refractivity contribution >= 4 is 11.5 Å². The van der Waals surface area contributed by atoms with Gasteiger partial charge in [0.1, 0.15) is 5.82 Å². The lowest BCUT2D eigenvalue weighted by molar-refractivity contribution is -0.110. The van der Waals surface area contributed by atoms with Crippen molar-refractivity contribution in [1.82, 2.24) is 19.6 Å². The molecule has 8 heteroatoms. The first-order chi connectivity index (χ1) is 13.8. The molecule has 0 spiro atoms. The lowest BCUT2D eigenvalue weighted by Crippen LogP contribution is -2.02. The van der Waals surface area contributed by atoms with Crippen LogP contribution in [0.25, 0.3) is 16.8 Å². The summed E-state index contributed by atoms with van der Waals surface area (Å²) in [4.78, 5) is 8.76. The second kappa shape index (κ2) is 8.72. The monoisotopic (exact) mass is 399 g/mol. The molecule has 4 rings (SSSR count). The fourth-order valence-electron chi connectivity index (χ4n) is 2.68. The Bertz CT molecular complexity index is 1070. The van der Waals surface area contributed by atoms with Crippen LogP contribution in [-0.4, -0.2) is 25.8 Å². The highest BCUT2D eigenvalue weighted by atomic mass is 19.4. The Labute approximate surface area is 166 Å². The number of halogens is 3. The van der Waals surface area contributed by atoms with E-state index in [4.69, 9.17) is 4.98 Å². The van der Waals surface area contributed by atoms with Gasteiger partial charge in [-0.05, 0) is 36.2 Å². The summed E-state index contributed by atoms with van der Waals surface area (Å²) in [6, 6.07) is 14.3. The van der Waals surface area contributed by atoms with Gasteiger partial charge in [0.05, 0.1) is 6.20 Å². The van der Waals surface area contributed by atoms with E-state index in [1.165, 1.54) is 11.1 Å². The summed E-state index contributed by atoms with van der Waals surface area (Å²) < 4.78 is 32.9. The lowest BCUT2D eigenvalue weighted by atomic mass is 10.1. The first-order valence-corrected chi connectivity index (χ1v) is 8.90. The molecule has 1 N–H and O–H groups in total. The van der Waals surface area contributed by atoms with Gasteiger partial charge in [0.15, 0.2) is 5.65 Å². The topological polar surface area (TPSA) is 55.1 Å². The number of benzene rings is 1. The number of rotatable bonds is 4. The van der Waals surface area contributed by atoms with Crippen LogP contribution in [0, 0.1) is 6.92 Å². The smallest absolute Gasteiger partial charge is 0.366 e. The second-order valence-electron chi connectivity index (χ2n) is 6.50. The molecule has 3 heterocycles. The van der Waals surface area contributed by atoms with E-state index in [1.54, 1.807) is 16.9 Å². The van der Waals surface area contributed by atoms with Gasteiger partial charge in [0.2, 0.25) is 0 Å². The molecule has 4 aromatic rings. The van der Waals surface area contributed by atoms with Gasteiger partial charge >= 0.3 is 6.18 Å². The first-order valence-electron chi connectivity index (χ1n) is 8.90. The van der Waals surface area contributed by atoms with Crippen LogP contribution in [0.4, 0.5) is 19.0 Å². The van der Waals surface area contributed by atoms with Crippen LogP contribution in [0.3, 0.4) is 0 Å². The Balaban J connectivity index is 0.000000431. The molecule has 0 fully saturated rings. The number of anilines is 1. The second-order valence-corrected chi connectivity index (χ2v) is 6.50. The molecule has 29 heavy (non-hydrogen) atoms. The van der Waals surface area contributed by atoms with Crippen LogP contribution in [-0.2, 0) is 6.54 Å². The maximum absolute atomic E-state index is 10.4. The Morgan fingerprint density at radius 2 is 1.79 bits per heavy atom. The standard InChI is InChI=1S/C19H17N5.C2H3F3/c1-14-3-2-4-16(11-14)17-13-22-24-10-7-18(23-19(17)24)21-12-15-5-8-20-9-6-15;1-2(3,4)5/h2-11,13H,12H2,1H3,(H,21,23);1H3. The zero-order chi connectivity index (χ0) is 20.9. The van der Waals surface area contributed by atoms with Gasteiger partial charge in [-0.1, -0.05) is 29.8 Å². The van der Waals surface area contributed by atoms with Crippen molar-refractivity contribution in [2.24, 2.45) is 0 Å². The molecular weight excluding hydrogens is 379 g/mol. The van der Waals surface area contributed by atoms with Gasteiger partial charge in [0.25, 0.3) is 0 Å². The summed E-state index contributed by atoms with van der Waals surface area (Å²) in [6.45, 7) is 2.98. The van der Waals surface area contributed by atoms with Gasteiger partial charge < -0.3 is 5.32 Å². The largest absolute Gasteiger partial charge is 0.386 e. The Morgan fingerprint density at radius 3 is 2.48 bits per heavy atom. The van der Waals surface area contributed by atoms with Crippen molar-refractivity contribution in [2.45, 2.75) is 26.6 Å². The molecule has 0 unspecified atom stereocenters. The normalized spacial score (nSPS) is 11.1. The van der Waals surface area contributed by atoms with Crippen LogP contribution < -0.4 is 5.32 Å². The molecule has 0 aliphatic carbocycles. The van der Waals surface area contributed by atoms with Gasteiger partial charge in [-0.15, -0.1) is 0 Å². The van der Waals surface area contributed by atoms with Crippen LogP contribution in [0.2, 0.25) is 0 Å².